The molecule has 0 bridgehead atoms. The lowest BCUT2D eigenvalue weighted by Crippen LogP contribution is -2.52. The number of piperazine rings is 1. The van der Waals surface area contributed by atoms with Crippen molar-refractivity contribution in [2.75, 3.05) is 19.6 Å². The molecule has 3 N–H and O–H groups in total. The Morgan fingerprint density at radius 3 is 2.63 bits per heavy atom. The molecule has 1 heterocycles. The molecule has 1 unspecified atom stereocenters. The summed E-state index contributed by atoms with van der Waals surface area (Å²) in [5.41, 5.74) is 1.36. The molecule has 1 aromatic carbocycles. The van der Waals surface area contributed by atoms with Crippen LogP contribution >= 0.6 is 0 Å². The molecule has 2 atom stereocenters. The second kappa shape index (κ2) is 6.17. The SMILES string of the molecule is CC(C)[C@@H](c1ccccc1C(=O)O)C1CNCCN1. The van der Waals surface area contributed by atoms with E-state index in [1.54, 1.807) is 12.1 Å². The molecule has 0 amide bonds. The van der Waals surface area contributed by atoms with E-state index >= 15 is 0 Å². The average molecular weight is 262 g/mol. The topological polar surface area (TPSA) is 61.4 Å². The Bertz CT molecular complexity index is 440. The van der Waals surface area contributed by atoms with Crippen LogP contribution in [0.4, 0.5) is 0 Å². The zero-order valence-corrected chi connectivity index (χ0v) is 11.5. The van der Waals surface area contributed by atoms with Gasteiger partial charge in [-0.15, -0.1) is 0 Å². The van der Waals surface area contributed by atoms with E-state index in [-0.39, 0.29) is 12.0 Å². The number of hydrogen-bond acceptors (Lipinski definition) is 3. The van der Waals surface area contributed by atoms with Gasteiger partial charge >= 0.3 is 5.97 Å². The molecule has 4 heteroatoms. The van der Waals surface area contributed by atoms with Gasteiger partial charge < -0.3 is 15.7 Å². The van der Waals surface area contributed by atoms with Gasteiger partial charge in [-0.2, -0.15) is 0 Å². The molecule has 19 heavy (non-hydrogen) atoms. The second-order valence-electron chi connectivity index (χ2n) is 5.43. The Labute approximate surface area is 114 Å². The van der Waals surface area contributed by atoms with Crippen molar-refractivity contribution in [2.45, 2.75) is 25.8 Å². The summed E-state index contributed by atoms with van der Waals surface area (Å²) in [4.78, 5) is 11.4. The predicted molar refractivity (Wildman–Crippen MR) is 75.6 cm³/mol. The third-order valence-corrected chi connectivity index (χ3v) is 3.77. The second-order valence-corrected chi connectivity index (χ2v) is 5.43. The average Bonchev–Trinajstić information content (AvgIpc) is 2.40. The monoisotopic (exact) mass is 262 g/mol. The van der Waals surface area contributed by atoms with Crippen molar-refractivity contribution in [2.24, 2.45) is 5.92 Å². The summed E-state index contributed by atoms with van der Waals surface area (Å²) in [5, 5.41) is 16.2. The van der Waals surface area contributed by atoms with E-state index in [1.165, 1.54) is 0 Å². The fourth-order valence-electron chi connectivity index (χ4n) is 2.95. The first-order valence-corrected chi connectivity index (χ1v) is 6.87. The number of carbonyl (C=O) groups is 1. The number of rotatable bonds is 4. The van der Waals surface area contributed by atoms with Gasteiger partial charge in [0, 0.05) is 31.6 Å². The van der Waals surface area contributed by atoms with Crippen molar-refractivity contribution in [3.8, 4) is 0 Å². The van der Waals surface area contributed by atoms with Crippen LogP contribution in [0.1, 0.15) is 35.7 Å². The smallest absolute Gasteiger partial charge is 0.335 e. The number of hydrogen-bond donors (Lipinski definition) is 3. The third kappa shape index (κ3) is 3.14. The van der Waals surface area contributed by atoms with Gasteiger partial charge in [-0.05, 0) is 17.5 Å². The highest BCUT2D eigenvalue weighted by atomic mass is 16.4. The zero-order valence-electron chi connectivity index (χ0n) is 11.5. The molecule has 0 spiro atoms. The molecule has 0 aliphatic carbocycles. The van der Waals surface area contributed by atoms with Crippen LogP contribution in [-0.2, 0) is 0 Å². The van der Waals surface area contributed by atoms with Crippen molar-refractivity contribution in [1.82, 2.24) is 10.6 Å². The Hall–Kier alpha value is -1.39. The molecule has 0 saturated carbocycles. The van der Waals surface area contributed by atoms with E-state index in [0.717, 1.165) is 25.2 Å². The summed E-state index contributed by atoms with van der Waals surface area (Å²) < 4.78 is 0. The minimum atomic E-state index is -0.843. The first-order valence-electron chi connectivity index (χ1n) is 6.87. The molecule has 0 radical (unpaired) electrons. The van der Waals surface area contributed by atoms with Crippen LogP contribution in [0, 0.1) is 5.92 Å². The van der Waals surface area contributed by atoms with Gasteiger partial charge in [-0.1, -0.05) is 32.0 Å². The lowest BCUT2D eigenvalue weighted by Gasteiger charge is -2.35. The molecule has 1 saturated heterocycles. The Kier molecular flexibility index (Phi) is 4.56. The number of carboxylic acids is 1. The van der Waals surface area contributed by atoms with Crippen LogP contribution in [0.15, 0.2) is 24.3 Å². The highest BCUT2D eigenvalue weighted by molar-refractivity contribution is 5.89. The summed E-state index contributed by atoms with van der Waals surface area (Å²) in [5.74, 6) is -0.247. The van der Waals surface area contributed by atoms with Crippen LogP contribution in [0.3, 0.4) is 0 Å². The van der Waals surface area contributed by atoms with Gasteiger partial charge in [0.05, 0.1) is 5.56 Å². The largest absolute Gasteiger partial charge is 0.478 e. The van der Waals surface area contributed by atoms with Crippen molar-refractivity contribution in [3.63, 3.8) is 0 Å². The minimum absolute atomic E-state index is 0.208. The fourth-order valence-corrected chi connectivity index (χ4v) is 2.95. The van der Waals surface area contributed by atoms with Gasteiger partial charge in [0.2, 0.25) is 0 Å². The molecule has 1 aliphatic rings. The quantitative estimate of drug-likeness (QED) is 0.772. The van der Waals surface area contributed by atoms with E-state index in [0.29, 0.717) is 11.5 Å². The maximum Gasteiger partial charge on any atom is 0.335 e. The molecule has 1 aromatic rings. The van der Waals surface area contributed by atoms with Gasteiger partial charge in [0.15, 0.2) is 0 Å². The van der Waals surface area contributed by atoms with Gasteiger partial charge in [0.1, 0.15) is 0 Å². The lowest BCUT2D eigenvalue weighted by molar-refractivity contribution is 0.0694. The molecule has 4 nitrogen and oxygen atoms in total. The number of nitrogens with one attached hydrogen (secondary N) is 2. The van der Waals surface area contributed by atoms with Gasteiger partial charge in [0.25, 0.3) is 0 Å². The van der Waals surface area contributed by atoms with E-state index < -0.39 is 5.97 Å². The van der Waals surface area contributed by atoms with E-state index in [1.807, 2.05) is 12.1 Å². The molecule has 2 rings (SSSR count). The summed E-state index contributed by atoms with van der Waals surface area (Å²) in [7, 11) is 0. The van der Waals surface area contributed by atoms with Gasteiger partial charge in [-0.3, -0.25) is 0 Å². The molecule has 1 fully saturated rings. The normalized spacial score (nSPS) is 21.3. The Morgan fingerprint density at radius 1 is 1.32 bits per heavy atom. The minimum Gasteiger partial charge on any atom is -0.478 e. The summed E-state index contributed by atoms with van der Waals surface area (Å²) >= 11 is 0. The number of aromatic carboxylic acids is 1. The van der Waals surface area contributed by atoms with Crippen LogP contribution in [0.25, 0.3) is 0 Å². The highest BCUT2D eigenvalue weighted by Gasteiger charge is 2.30. The standard InChI is InChI=1S/C15H22N2O2/c1-10(2)14(13-9-16-7-8-17-13)11-5-3-4-6-12(11)15(18)19/h3-6,10,13-14,16-17H,7-9H2,1-2H3,(H,18,19)/t13?,14-/m0/s1. The number of carboxylic acid groups (broad SMARTS) is 1. The number of benzene rings is 1. The van der Waals surface area contributed by atoms with Crippen molar-refractivity contribution in [3.05, 3.63) is 35.4 Å². The van der Waals surface area contributed by atoms with Crippen LogP contribution in [-0.4, -0.2) is 36.8 Å². The maximum absolute atomic E-state index is 11.4. The van der Waals surface area contributed by atoms with Gasteiger partial charge in [-0.25, -0.2) is 4.79 Å². The Morgan fingerprint density at radius 2 is 2.05 bits per heavy atom. The maximum atomic E-state index is 11.4. The summed E-state index contributed by atoms with van der Waals surface area (Å²) in [6.45, 7) is 7.10. The zero-order chi connectivity index (χ0) is 13.8. The van der Waals surface area contributed by atoms with Crippen LogP contribution in [0.5, 0.6) is 0 Å². The molecule has 0 aromatic heterocycles. The first-order chi connectivity index (χ1) is 9.11. The predicted octanol–water partition coefficient (Wildman–Crippen LogP) is 1.69. The van der Waals surface area contributed by atoms with Crippen molar-refractivity contribution >= 4 is 5.97 Å². The molecule has 1 aliphatic heterocycles. The van der Waals surface area contributed by atoms with E-state index in [4.69, 9.17) is 0 Å². The van der Waals surface area contributed by atoms with Crippen LogP contribution in [0.2, 0.25) is 0 Å². The van der Waals surface area contributed by atoms with Crippen LogP contribution < -0.4 is 10.6 Å². The van der Waals surface area contributed by atoms with Crippen molar-refractivity contribution in [1.29, 1.82) is 0 Å². The fraction of sp³-hybridized carbons (Fsp3) is 0.533. The van der Waals surface area contributed by atoms with E-state index in [9.17, 15) is 9.90 Å². The highest BCUT2D eigenvalue weighted by Crippen LogP contribution is 2.31. The molecular formula is C15H22N2O2. The Balaban J connectivity index is 2.35. The van der Waals surface area contributed by atoms with Crippen molar-refractivity contribution < 1.29 is 9.90 Å². The van der Waals surface area contributed by atoms with E-state index in [2.05, 4.69) is 24.5 Å². The molecular weight excluding hydrogens is 240 g/mol. The third-order valence-electron chi connectivity index (χ3n) is 3.77. The summed E-state index contributed by atoms with van der Waals surface area (Å²) in [6, 6.07) is 7.65. The molecule has 104 valence electrons. The summed E-state index contributed by atoms with van der Waals surface area (Å²) in [6.07, 6.45) is 0. The first kappa shape index (κ1) is 14.0. The lowest BCUT2D eigenvalue weighted by atomic mass is 9.79.